The molecule has 1 radical (unpaired) electrons. The van der Waals surface area contributed by atoms with Crippen LogP contribution in [0.1, 0.15) is 0 Å². The monoisotopic (exact) mass is 116 g/mol. The molecule has 0 aromatic heterocycles. The van der Waals surface area contributed by atoms with Gasteiger partial charge in [0.05, 0.1) is 6.21 Å². The maximum absolute atomic E-state index is 3.72. The Balaban J connectivity index is 2.46. The van der Waals surface area contributed by atoms with Crippen molar-refractivity contribution in [2.45, 2.75) is 0 Å². The summed E-state index contributed by atoms with van der Waals surface area (Å²) in [5.41, 5.74) is 0. The quantitative estimate of drug-likeness (QED) is 0.353. The highest BCUT2D eigenvalue weighted by molar-refractivity contribution is 8.77. The van der Waals surface area contributed by atoms with Gasteiger partial charge in [-0.05, 0) is 22.3 Å². The summed E-state index contributed by atoms with van der Waals surface area (Å²) in [7, 11) is 3.04. The highest BCUT2D eigenvalue weighted by atomic mass is 33.1. The minimum atomic E-state index is 1.44. The number of allylic oxidation sites excluding steroid dienone is 1. The zero-order chi connectivity index (χ0) is 4.24. The smallest absolute Gasteiger partial charge is 0.0992 e. The zero-order valence-electron chi connectivity index (χ0n) is 2.92. The topological polar surface area (TPSA) is 12.4 Å². The molecule has 0 fully saturated rings. The first kappa shape index (κ1) is 4.27. The standard InChI is InChI=1S/C3H2NS2/c1-2-4-6-5-3-1/h1,3H. The van der Waals surface area contributed by atoms with Gasteiger partial charge in [-0.25, -0.2) is 4.40 Å². The first-order valence-corrected chi connectivity index (χ1v) is 3.60. The summed E-state index contributed by atoms with van der Waals surface area (Å²) < 4.78 is 3.72. The molecule has 0 aliphatic carbocycles. The molecule has 0 spiro atoms. The van der Waals surface area contributed by atoms with Crippen LogP contribution in [0.5, 0.6) is 0 Å². The first-order valence-electron chi connectivity index (χ1n) is 1.43. The lowest BCUT2D eigenvalue weighted by Gasteiger charge is -1.85. The predicted octanol–water partition coefficient (Wildman–Crippen LogP) is 1.76. The zero-order valence-corrected chi connectivity index (χ0v) is 4.55. The second kappa shape index (κ2) is 2.31. The lowest BCUT2D eigenvalue weighted by Crippen LogP contribution is -1.60. The molecule has 0 saturated carbocycles. The SMILES string of the molecule is [C]1=NSSC=C1. The molecule has 1 aliphatic heterocycles. The summed E-state index contributed by atoms with van der Waals surface area (Å²) in [5, 5.41) is 1.94. The van der Waals surface area contributed by atoms with Crippen molar-refractivity contribution in [3.05, 3.63) is 11.5 Å². The maximum atomic E-state index is 3.72. The molecule has 0 aromatic carbocycles. The maximum Gasteiger partial charge on any atom is 0.0992 e. The Bertz CT molecular complexity index is 74.8. The molecule has 6 heavy (non-hydrogen) atoms. The van der Waals surface area contributed by atoms with Crippen LogP contribution in [0.15, 0.2) is 15.9 Å². The molecule has 0 bridgehead atoms. The average Bonchev–Trinajstić information content (AvgIpc) is 1.72. The Kier molecular flexibility index (Phi) is 1.65. The molecule has 1 rings (SSSR count). The average molecular weight is 116 g/mol. The third-order valence-corrected chi connectivity index (χ3v) is 1.66. The van der Waals surface area contributed by atoms with Crippen LogP contribution in [0.25, 0.3) is 0 Å². The highest BCUT2D eigenvalue weighted by Crippen LogP contribution is 2.24. The van der Waals surface area contributed by atoms with E-state index in [1.807, 2.05) is 5.41 Å². The predicted molar refractivity (Wildman–Crippen MR) is 31.8 cm³/mol. The van der Waals surface area contributed by atoms with E-state index in [9.17, 15) is 0 Å². The van der Waals surface area contributed by atoms with Crippen molar-refractivity contribution < 1.29 is 0 Å². The lowest BCUT2D eigenvalue weighted by molar-refractivity contribution is 2.00. The minimum absolute atomic E-state index is 1.44. The van der Waals surface area contributed by atoms with Crippen molar-refractivity contribution >= 4 is 28.0 Å². The number of nitrogens with zero attached hydrogens (tertiary/aromatic N) is 1. The van der Waals surface area contributed by atoms with Crippen molar-refractivity contribution in [1.29, 1.82) is 0 Å². The van der Waals surface area contributed by atoms with E-state index in [0.717, 1.165) is 0 Å². The van der Waals surface area contributed by atoms with Gasteiger partial charge in [-0.15, -0.1) is 0 Å². The molecule has 0 amide bonds. The molecule has 1 aliphatic rings. The molecule has 0 aromatic rings. The van der Waals surface area contributed by atoms with Crippen LogP contribution in [0.4, 0.5) is 0 Å². The van der Waals surface area contributed by atoms with E-state index in [0.29, 0.717) is 0 Å². The highest BCUT2D eigenvalue weighted by Gasteiger charge is 1.81. The van der Waals surface area contributed by atoms with Crippen LogP contribution in [-0.2, 0) is 0 Å². The Morgan fingerprint density at radius 3 is 2.83 bits per heavy atom. The summed E-state index contributed by atoms with van der Waals surface area (Å²) in [6.45, 7) is 0. The fraction of sp³-hybridized carbons (Fsp3) is 0. The molecule has 1 nitrogen and oxygen atoms in total. The second-order valence-corrected chi connectivity index (χ2v) is 2.51. The third kappa shape index (κ3) is 1.06. The van der Waals surface area contributed by atoms with Gasteiger partial charge in [0, 0.05) is 11.0 Å². The molecule has 0 unspecified atom stereocenters. The van der Waals surface area contributed by atoms with Gasteiger partial charge < -0.3 is 0 Å². The molecule has 0 N–H and O–H groups in total. The van der Waals surface area contributed by atoms with E-state index >= 15 is 0 Å². The van der Waals surface area contributed by atoms with Gasteiger partial charge in [-0.3, -0.25) is 0 Å². The van der Waals surface area contributed by atoms with Gasteiger partial charge in [0.1, 0.15) is 0 Å². The largest absolute Gasteiger partial charge is 0.203 e. The number of rotatable bonds is 0. The second-order valence-electron chi connectivity index (χ2n) is 0.694. The minimum Gasteiger partial charge on any atom is -0.203 e. The lowest BCUT2D eigenvalue weighted by atomic mass is 10.7. The van der Waals surface area contributed by atoms with E-state index in [4.69, 9.17) is 0 Å². The van der Waals surface area contributed by atoms with Gasteiger partial charge in [-0.2, -0.15) is 0 Å². The van der Waals surface area contributed by atoms with Crippen molar-refractivity contribution in [2.24, 2.45) is 4.40 Å². The van der Waals surface area contributed by atoms with Crippen molar-refractivity contribution in [3.8, 4) is 0 Å². The molecule has 0 saturated heterocycles. The van der Waals surface area contributed by atoms with Gasteiger partial charge in [-0.1, -0.05) is 0 Å². The molecular formula is C3H2NS2. The molecule has 31 valence electrons. The van der Waals surface area contributed by atoms with Crippen LogP contribution in [0.3, 0.4) is 0 Å². The van der Waals surface area contributed by atoms with Gasteiger partial charge in [0.2, 0.25) is 0 Å². The van der Waals surface area contributed by atoms with Crippen molar-refractivity contribution in [3.63, 3.8) is 0 Å². The van der Waals surface area contributed by atoms with E-state index < -0.39 is 0 Å². The first-order chi connectivity index (χ1) is 3.00. The molecule has 1 heterocycles. The molecule has 0 atom stereocenters. The number of hydrogen-bond donors (Lipinski definition) is 0. The van der Waals surface area contributed by atoms with Crippen LogP contribution >= 0.6 is 21.8 Å². The fourth-order valence-electron chi connectivity index (χ4n) is 0.157. The number of hydrogen-bond acceptors (Lipinski definition) is 3. The van der Waals surface area contributed by atoms with Gasteiger partial charge >= 0.3 is 0 Å². The van der Waals surface area contributed by atoms with Crippen LogP contribution in [0.2, 0.25) is 0 Å². The fourth-order valence-corrected chi connectivity index (χ4v) is 1.04. The van der Waals surface area contributed by atoms with Crippen molar-refractivity contribution in [1.82, 2.24) is 0 Å². The van der Waals surface area contributed by atoms with E-state index in [-0.39, 0.29) is 0 Å². The van der Waals surface area contributed by atoms with Crippen LogP contribution in [-0.4, -0.2) is 6.21 Å². The summed E-state index contributed by atoms with van der Waals surface area (Å²) in [6.07, 6.45) is 4.46. The van der Waals surface area contributed by atoms with Gasteiger partial charge in [0.25, 0.3) is 0 Å². The van der Waals surface area contributed by atoms with Crippen molar-refractivity contribution in [2.75, 3.05) is 0 Å². The van der Waals surface area contributed by atoms with Crippen LogP contribution < -0.4 is 0 Å². The van der Waals surface area contributed by atoms with E-state index in [2.05, 4.69) is 10.6 Å². The Morgan fingerprint density at radius 1 is 1.67 bits per heavy atom. The Hall–Kier alpha value is 0.110. The third-order valence-electron chi connectivity index (χ3n) is 0.331. The van der Waals surface area contributed by atoms with Gasteiger partial charge in [0.15, 0.2) is 0 Å². The molecular weight excluding hydrogens is 114 g/mol. The van der Waals surface area contributed by atoms with E-state index in [1.54, 1.807) is 16.9 Å². The normalized spacial score (nSPS) is 18.7. The van der Waals surface area contributed by atoms with Crippen LogP contribution in [0, 0.1) is 0 Å². The summed E-state index contributed by atoms with van der Waals surface area (Å²) in [5.74, 6) is 0. The Labute approximate surface area is 44.5 Å². The summed E-state index contributed by atoms with van der Waals surface area (Å²) in [4.78, 5) is 0. The molecule has 3 heteroatoms. The Morgan fingerprint density at radius 2 is 2.67 bits per heavy atom. The van der Waals surface area contributed by atoms with E-state index in [1.165, 1.54) is 11.0 Å². The summed E-state index contributed by atoms with van der Waals surface area (Å²) in [6, 6.07) is 0. The summed E-state index contributed by atoms with van der Waals surface area (Å²) >= 11 is 0.